The Balaban J connectivity index is 3.17. The zero-order valence-corrected chi connectivity index (χ0v) is 10.2. The molecule has 1 rings (SSSR count). The summed E-state index contributed by atoms with van der Waals surface area (Å²) in [6.07, 6.45) is 0. The average molecular weight is 270 g/mol. The summed E-state index contributed by atoms with van der Waals surface area (Å²) in [7, 11) is -3.71. The lowest BCUT2D eigenvalue weighted by atomic mass is 10.3. The standard InChI is InChI=1S/C9H10ClF2NO2S/c1-5(2)16(14,15)13-9-7(10)3-6(11)4-8(9)12/h3-5,13H,1-2H3. The Hall–Kier alpha value is -0.880. The molecule has 0 aliphatic carbocycles. The number of hydrogen-bond acceptors (Lipinski definition) is 2. The van der Waals surface area contributed by atoms with Crippen LogP contribution in [0.25, 0.3) is 0 Å². The van der Waals surface area contributed by atoms with Crippen molar-refractivity contribution in [3.8, 4) is 0 Å². The van der Waals surface area contributed by atoms with E-state index >= 15 is 0 Å². The molecule has 7 heteroatoms. The number of halogens is 3. The first-order valence-corrected chi connectivity index (χ1v) is 6.32. The van der Waals surface area contributed by atoms with Gasteiger partial charge in [0.2, 0.25) is 10.0 Å². The maximum atomic E-state index is 13.3. The SMILES string of the molecule is CC(C)S(=O)(=O)Nc1c(F)cc(F)cc1Cl. The van der Waals surface area contributed by atoms with Crippen molar-refractivity contribution in [2.45, 2.75) is 19.1 Å². The number of sulfonamides is 1. The molecular weight excluding hydrogens is 260 g/mol. The van der Waals surface area contributed by atoms with Gasteiger partial charge >= 0.3 is 0 Å². The number of benzene rings is 1. The smallest absolute Gasteiger partial charge is 0.235 e. The van der Waals surface area contributed by atoms with Gasteiger partial charge in [0.05, 0.1) is 10.3 Å². The van der Waals surface area contributed by atoms with Crippen LogP contribution in [0.5, 0.6) is 0 Å². The lowest BCUT2D eigenvalue weighted by Gasteiger charge is -2.12. The van der Waals surface area contributed by atoms with Gasteiger partial charge in [-0.25, -0.2) is 17.2 Å². The van der Waals surface area contributed by atoms with Crippen molar-refractivity contribution < 1.29 is 17.2 Å². The van der Waals surface area contributed by atoms with Gasteiger partial charge < -0.3 is 0 Å². The first-order chi connectivity index (χ1) is 7.24. The Morgan fingerprint density at radius 3 is 2.31 bits per heavy atom. The van der Waals surface area contributed by atoms with Crippen molar-refractivity contribution in [3.63, 3.8) is 0 Å². The van der Waals surface area contributed by atoms with Crippen molar-refractivity contribution in [1.29, 1.82) is 0 Å². The fourth-order valence-corrected chi connectivity index (χ4v) is 1.93. The van der Waals surface area contributed by atoms with E-state index in [1.165, 1.54) is 13.8 Å². The predicted octanol–water partition coefficient (Wildman–Crippen LogP) is 2.77. The van der Waals surface area contributed by atoms with Crippen LogP contribution < -0.4 is 4.72 Å². The molecule has 1 N–H and O–H groups in total. The fraction of sp³-hybridized carbons (Fsp3) is 0.333. The van der Waals surface area contributed by atoms with Crippen molar-refractivity contribution >= 4 is 27.3 Å². The monoisotopic (exact) mass is 269 g/mol. The van der Waals surface area contributed by atoms with Crippen LogP contribution in [0.2, 0.25) is 5.02 Å². The molecule has 0 saturated carbocycles. The second kappa shape index (κ2) is 4.55. The van der Waals surface area contributed by atoms with Crippen LogP contribution in [-0.2, 0) is 10.0 Å². The number of nitrogens with one attached hydrogen (secondary N) is 1. The van der Waals surface area contributed by atoms with Crippen molar-refractivity contribution in [2.24, 2.45) is 0 Å². The molecule has 90 valence electrons. The lowest BCUT2D eigenvalue weighted by molar-refractivity contribution is 0.580. The molecule has 0 unspecified atom stereocenters. The summed E-state index contributed by atoms with van der Waals surface area (Å²) < 4.78 is 50.8. The molecule has 0 amide bonds. The highest BCUT2D eigenvalue weighted by Crippen LogP contribution is 2.27. The number of anilines is 1. The third-order valence-electron chi connectivity index (χ3n) is 1.87. The molecule has 0 bridgehead atoms. The van der Waals surface area contributed by atoms with E-state index in [4.69, 9.17) is 11.6 Å². The van der Waals surface area contributed by atoms with Crippen LogP contribution in [-0.4, -0.2) is 13.7 Å². The largest absolute Gasteiger partial charge is 0.279 e. The Bertz CT molecular complexity index is 479. The molecule has 16 heavy (non-hydrogen) atoms. The molecule has 0 atom stereocenters. The molecule has 0 heterocycles. The van der Waals surface area contributed by atoms with Gasteiger partial charge in [0, 0.05) is 6.07 Å². The quantitative estimate of drug-likeness (QED) is 0.917. The van der Waals surface area contributed by atoms with Gasteiger partial charge in [0.15, 0.2) is 5.82 Å². The van der Waals surface area contributed by atoms with Gasteiger partial charge in [-0.2, -0.15) is 0 Å². The average Bonchev–Trinajstić information content (AvgIpc) is 2.11. The van der Waals surface area contributed by atoms with Crippen LogP contribution in [0, 0.1) is 11.6 Å². The second-order valence-electron chi connectivity index (χ2n) is 3.44. The van der Waals surface area contributed by atoms with E-state index in [1.807, 2.05) is 4.72 Å². The first kappa shape index (κ1) is 13.2. The minimum absolute atomic E-state index is 0.318. The minimum Gasteiger partial charge on any atom is -0.279 e. The third-order valence-corrected chi connectivity index (χ3v) is 3.90. The molecule has 0 saturated heterocycles. The number of rotatable bonds is 3. The highest BCUT2D eigenvalue weighted by Gasteiger charge is 2.20. The lowest BCUT2D eigenvalue weighted by Crippen LogP contribution is -2.23. The van der Waals surface area contributed by atoms with Crippen LogP contribution >= 0.6 is 11.6 Å². The van der Waals surface area contributed by atoms with E-state index in [2.05, 4.69) is 0 Å². The maximum Gasteiger partial charge on any atom is 0.235 e. The number of hydrogen-bond donors (Lipinski definition) is 1. The summed E-state index contributed by atoms with van der Waals surface area (Å²) in [6, 6.07) is 1.40. The maximum absolute atomic E-state index is 13.3. The van der Waals surface area contributed by atoms with E-state index in [0.29, 0.717) is 6.07 Å². The molecule has 0 aliphatic rings. The van der Waals surface area contributed by atoms with Crippen molar-refractivity contribution in [2.75, 3.05) is 4.72 Å². The molecule has 0 aliphatic heterocycles. The zero-order chi connectivity index (χ0) is 12.5. The minimum atomic E-state index is -3.71. The summed E-state index contributed by atoms with van der Waals surface area (Å²) in [5, 5.41) is -1.06. The highest BCUT2D eigenvalue weighted by molar-refractivity contribution is 7.93. The van der Waals surface area contributed by atoms with Gasteiger partial charge in [-0.05, 0) is 19.9 Å². The van der Waals surface area contributed by atoms with Crippen molar-refractivity contribution in [1.82, 2.24) is 0 Å². The topological polar surface area (TPSA) is 46.2 Å². The fourth-order valence-electron chi connectivity index (χ4n) is 0.900. The van der Waals surface area contributed by atoms with Gasteiger partial charge in [-0.15, -0.1) is 0 Å². The molecule has 0 radical (unpaired) electrons. The van der Waals surface area contributed by atoms with E-state index in [0.717, 1.165) is 6.07 Å². The Kier molecular flexibility index (Phi) is 3.75. The molecular formula is C9H10ClF2NO2S. The normalized spacial score (nSPS) is 11.9. The summed E-state index contributed by atoms with van der Waals surface area (Å²) in [5.41, 5.74) is -0.434. The van der Waals surface area contributed by atoms with Crippen LogP contribution in [0.4, 0.5) is 14.5 Å². The zero-order valence-electron chi connectivity index (χ0n) is 8.59. The highest BCUT2D eigenvalue weighted by atomic mass is 35.5. The summed E-state index contributed by atoms with van der Waals surface area (Å²) >= 11 is 5.54. The Morgan fingerprint density at radius 1 is 1.31 bits per heavy atom. The third kappa shape index (κ3) is 2.82. The molecule has 0 spiro atoms. The van der Waals surface area contributed by atoms with Gasteiger partial charge in [0.1, 0.15) is 11.5 Å². The van der Waals surface area contributed by atoms with Crippen LogP contribution in [0.1, 0.15) is 13.8 Å². The Morgan fingerprint density at radius 2 is 1.88 bits per heavy atom. The first-order valence-electron chi connectivity index (χ1n) is 4.40. The van der Waals surface area contributed by atoms with Gasteiger partial charge in [0.25, 0.3) is 0 Å². The van der Waals surface area contributed by atoms with Gasteiger partial charge in [-0.1, -0.05) is 11.6 Å². The van der Waals surface area contributed by atoms with Crippen LogP contribution in [0.3, 0.4) is 0 Å². The summed E-state index contributed by atoms with van der Waals surface area (Å²) in [5.74, 6) is -1.91. The Labute approximate surface area is 97.5 Å². The summed E-state index contributed by atoms with van der Waals surface area (Å²) in [6.45, 7) is 2.86. The van der Waals surface area contributed by atoms with Crippen LogP contribution in [0.15, 0.2) is 12.1 Å². The van der Waals surface area contributed by atoms with E-state index in [-0.39, 0.29) is 5.02 Å². The molecule has 3 nitrogen and oxygen atoms in total. The van der Waals surface area contributed by atoms with Gasteiger partial charge in [-0.3, -0.25) is 4.72 Å². The van der Waals surface area contributed by atoms with E-state index in [9.17, 15) is 17.2 Å². The molecule has 1 aromatic rings. The van der Waals surface area contributed by atoms with E-state index < -0.39 is 32.6 Å². The summed E-state index contributed by atoms with van der Waals surface area (Å²) in [4.78, 5) is 0. The molecule has 0 aromatic heterocycles. The predicted molar refractivity (Wildman–Crippen MR) is 59.0 cm³/mol. The molecule has 0 fully saturated rings. The van der Waals surface area contributed by atoms with Crippen molar-refractivity contribution in [3.05, 3.63) is 28.8 Å². The molecule has 1 aromatic carbocycles. The second-order valence-corrected chi connectivity index (χ2v) is 6.08. The van der Waals surface area contributed by atoms with E-state index in [1.54, 1.807) is 0 Å².